The van der Waals surface area contributed by atoms with Crippen LogP contribution in [0.1, 0.15) is 5.56 Å². The van der Waals surface area contributed by atoms with Gasteiger partial charge in [-0.15, -0.1) is 0 Å². The third-order valence-corrected chi connectivity index (χ3v) is 2.94. The van der Waals surface area contributed by atoms with Crippen LogP contribution in [-0.4, -0.2) is 27.5 Å². The van der Waals surface area contributed by atoms with Crippen molar-refractivity contribution < 1.29 is 5.11 Å². The molecular weight excluding hydrogens is 262 g/mol. The normalized spacial score (nSPS) is 10.2. The van der Waals surface area contributed by atoms with Crippen LogP contribution in [0, 0.1) is 5.41 Å². The molecule has 1 heterocycles. The van der Waals surface area contributed by atoms with Gasteiger partial charge in [0.25, 0.3) is 0 Å². The number of nitrogens with two attached hydrogens (primary N) is 1. The fourth-order valence-corrected chi connectivity index (χ4v) is 1.89. The number of nitrogens with zero attached hydrogens (tertiary/aromatic N) is 2. The van der Waals surface area contributed by atoms with E-state index in [1.807, 2.05) is 6.26 Å². The van der Waals surface area contributed by atoms with E-state index >= 15 is 0 Å². The number of thioether (sulfide) groups is 1. The summed E-state index contributed by atoms with van der Waals surface area (Å²) in [6, 6.07) is 6.63. The van der Waals surface area contributed by atoms with Crippen molar-refractivity contribution in [3.8, 4) is 5.75 Å². The van der Waals surface area contributed by atoms with Gasteiger partial charge in [0.15, 0.2) is 5.16 Å². The Morgan fingerprint density at radius 1 is 1.42 bits per heavy atom. The van der Waals surface area contributed by atoms with Crippen LogP contribution in [0.4, 0.5) is 17.3 Å². The second-order valence-electron chi connectivity index (χ2n) is 3.68. The molecule has 2 rings (SSSR count). The first-order valence-corrected chi connectivity index (χ1v) is 6.64. The maximum Gasteiger partial charge on any atom is 0.191 e. The Morgan fingerprint density at radius 2 is 2.21 bits per heavy atom. The maximum atomic E-state index is 9.43. The molecule has 0 spiro atoms. The molecule has 0 fully saturated rings. The molecule has 1 aromatic carbocycles. The first-order valence-electron chi connectivity index (χ1n) is 5.42. The number of hydrogen-bond acceptors (Lipinski definition) is 7. The number of anilines is 3. The number of aromatic nitrogens is 2. The van der Waals surface area contributed by atoms with E-state index < -0.39 is 0 Å². The topological polar surface area (TPSA) is 108 Å². The molecule has 0 unspecified atom stereocenters. The molecule has 98 valence electrons. The molecule has 0 atom stereocenters. The number of hydrogen-bond donors (Lipinski definition) is 4. The van der Waals surface area contributed by atoms with Crippen LogP contribution in [0.15, 0.2) is 29.4 Å². The molecule has 0 aliphatic carbocycles. The lowest BCUT2D eigenvalue weighted by Crippen LogP contribution is -2.06. The lowest BCUT2D eigenvalue weighted by atomic mass is 10.2. The van der Waals surface area contributed by atoms with Crippen molar-refractivity contribution in [3.05, 3.63) is 29.8 Å². The number of aromatic hydroxyl groups is 1. The van der Waals surface area contributed by atoms with Gasteiger partial charge in [-0.3, -0.25) is 0 Å². The third-order valence-electron chi connectivity index (χ3n) is 2.39. The van der Waals surface area contributed by atoms with Crippen molar-refractivity contribution >= 4 is 35.3 Å². The molecule has 0 bridgehead atoms. The summed E-state index contributed by atoms with van der Waals surface area (Å²) in [5.41, 5.74) is 6.86. The summed E-state index contributed by atoms with van der Waals surface area (Å²) in [6.07, 6.45) is 2.95. The zero-order chi connectivity index (χ0) is 13.8. The Balaban J connectivity index is 2.43. The number of benzene rings is 1. The molecule has 0 saturated carbocycles. The lowest BCUT2D eigenvalue weighted by molar-refractivity contribution is 0.475. The van der Waals surface area contributed by atoms with Gasteiger partial charge in [0.2, 0.25) is 0 Å². The van der Waals surface area contributed by atoms with E-state index in [9.17, 15) is 5.11 Å². The number of phenols is 1. The molecule has 0 radical (unpaired) electrons. The molecule has 1 aromatic heterocycles. The van der Waals surface area contributed by atoms with Crippen molar-refractivity contribution in [1.29, 1.82) is 5.41 Å². The van der Waals surface area contributed by atoms with Crippen LogP contribution in [-0.2, 0) is 0 Å². The van der Waals surface area contributed by atoms with E-state index in [-0.39, 0.29) is 11.6 Å². The predicted molar refractivity (Wildman–Crippen MR) is 77.5 cm³/mol. The Labute approximate surface area is 114 Å². The van der Waals surface area contributed by atoms with Crippen molar-refractivity contribution in [2.24, 2.45) is 0 Å². The summed E-state index contributed by atoms with van der Waals surface area (Å²) in [6.45, 7) is 0. The van der Waals surface area contributed by atoms with Gasteiger partial charge in [0.1, 0.15) is 17.4 Å². The van der Waals surface area contributed by atoms with E-state index in [4.69, 9.17) is 11.1 Å². The molecule has 0 aliphatic rings. The van der Waals surface area contributed by atoms with Crippen LogP contribution in [0.3, 0.4) is 0 Å². The first-order chi connectivity index (χ1) is 9.13. The Kier molecular flexibility index (Phi) is 3.86. The monoisotopic (exact) mass is 275 g/mol. The van der Waals surface area contributed by atoms with Gasteiger partial charge in [0.05, 0.1) is 5.56 Å². The molecule has 7 heteroatoms. The van der Waals surface area contributed by atoms with Gasteiger partial charge in [-0.05, 0) is 18.4 Å². The van der Waals surface area contributed by atoms with Crippen LogP contribution >= 0.6 is 11.8 Å². The molecule has 5 N–H and O–H groups in total. The lowest BCUT2D eigenvalue weighted by Gasteiger charge is -2.11. The standard InChI is InChI=1S/C12H13N5OS/c1-19-12-16-10(14)9(6-13)11(17-12)15-7-3-2-4-8(18)5-7/h2-6,13,18H,1H3,(H3,14,15,16,17). The minimum absolute atomic E-state index is 0.147. The molecular formula is C12H13N5OS. The highest BCUT2D eigenvalue weighted by molar-refractivity contribution is 7.98. The van der Waals surface area contributed by atoms with Crippen LogP contribution < -0.4 is 11.1 Å². The van der Waals surface area contributed by atoms with Gasteiger partial charge < -0.3 is 21.6 Å². The molecule has 0 aliphatic heterocycles. The van der Waals surface area contributed by atoms with Gasteiger partial charge in [0, 0.05) is 18.0 Å². The van der Waals surface area contributed by atoms with E-state index in [1.165, 1.54) is 11.8 Å². The minimum Gasteiger partial charge on any atom is -0.508 e. The number of rotatable bonds is 4. The molecule has 0 saturated heterocycles. The Hall–Kier alpha value is -2.28. The van der Waals surface area contributed by atoms with Gasteiger partial charge in [-0.1, -0.05) is 17.8 Å². The highest BCUT2D eigenvalue weighted by atomic mass is 32.2. The average molecular weight is 275 g/mol. The number of phenolic OH excluding ortho intramolecular Hbond substituents is 1. The quantitative estimate of drug-likeness (QED) is 0.387. The smallest absolute Gasteiger partial charge is 0.191 e. The average Bonchev–Trinajstić information content (AvgIpc) is 2.38. The van der Waals surface area contributed by atoms with Crippen molar-refractivity contribution in [2.45, 2.75) is 5.16 Å². The summed E-state index contributed by atoms with van der Waals surface area (Å²) in [7, 11) is 0. The van der Waals surface area contributed by atoms with Crippen molar-refractivity contribution in [2.75, 3.05) is 17.3 Å². The SMILES string of the molecule is CSc1nc(N)c(C=N)c(Nc2cccc(O)c2)n1. The zero-order valence-corrected chi connectivity index (χ0v) is 11.0. The fourth-order valence-electron chi connectivity index (χ4n) is 1.51. The van der Waals surface area contributed by atoms with Gasteiger partial charge in [-0.2, -0.15) is 0 Å². The third kappa shape index (κ3) is 2.94. The molecule has 0 amide bonds. The Bertz CT molecular complexity index is 617. The molecule has 2 aromatic rings. The molecule has 19 heavy (non-hydrogen) atoms. The summed E-state index contributed by atoms with van der Waals surface area (Å²) < 4.78 is 0. The largest absolute Gasteiger partial charge is 0.508 e. The predicted octanol–water partition coefficient (Wildman–Crippen LogP) is 2.23. The second-order valence-corrected chi connectivity index (χ2v) is 4.45. The minimum atomic E-state index is 0.147. The fraction of sp³-hybridized carbons (Fsp3) is 0.0833. The van der Waals surface area contributed by atoms with Gasteiger partial charge >= 0.3 is 0 Å². The van der Waals surface area contributed by atoms with Crippen LogP contribution in [0.5, 0.6) is 5.75 Å². The van der Waals surface area contributed by atoms with Crippen LogP contribution in [0.25, 0.3) is 0 Å². The maximum absolute atomic E-state index is 9.43. The summed E-state index contributed by atoms with van der Waals surface area (Å²) in [4.78, 5) is 8.35. The van der Waals surface area contributed by atoms with E-state index in [1.54, 1.807) is 24.3 Å². The summed E-state index contributed by atoms with van der Waals surface area (Å²) in [5.74, 6) is 0.836. The first kappa shape index (κ1) is 13.2. The van der Waals surface area contributed by atoms with Gasteiger partial charge in [-0.25, -0.2) is 9.97 Å². The van der Waals surface area contributed by atoms with Crippen molar-refractivity contribution in [1.82, 2.24) is 9.97 Å². The van der Waals surface area contributed by atoms with E-state index in [2.05, 4.69) is 15.3 Å². The summed E-state index contributed by atoms with van der Waals surface area (Å²) >= 11 is 1.36. The highest BCUT2D eigenvalue weighted by Crippen LogP contribution is 2.25. The number of nitrogen functional groups attached to an aromatic ring is 1. The Morgan fingerprint density at radius 3 is 2.84 bits per heavy atom. The van der Waals surface area contributed by atoms with E-state index in [0.717, 1.165) is 6.21 Å². The summed E-state index contributed by atoms with van der Waals surface area (Å²) in [5, 5.41) is 20.3. The highest BCUT2D eigenvalue weighted by Gasteiger charge is 2.10. The molecule has 6 nitrogen and oxygen atoms in total. The van der Waals surface area contributed by atoms with Crippen LogP contribution in [0.2, 0.25) is 0 Å². The van der Waals surface area contributed by atoms with E-state index in [0.29, 0.717) is 22.2 Å². The number of nitrogens with one attached hydrogen (secondary N) is 2. The van der Waals surface area contributed by atoms with Crippen molar-refractivity contribution in [3.63, 3.8) is 0 Å². The zero-order valence-electron chi connectivity index (χ0n) is 10.2. The second kappa shape index (κ2) is 5.57.